The second-order valence-electron chi connectivity index (χ2n) is 3.88. The summed E-state index contributed by atoms with van der Waals surface area (Å²) in [4.78, 5) is 0. The van der Waals surface area contributed by atoms with E-state index in [1.807, 2.05) is 0 Å². The van der Waals surface area contributed by atoms with Crippen molar-refractivity contribution in [1.82, 2.24) is 0 Å². The zero-order valence-corrected chi connectivity index (χ0v) is 7.34. The third-order valence-electron chi connectivity index (χ3n) is 2.94. The van der Waals surface area contributed by atoms with Gasteiger partial charge < -0.3 is 10.8 Å². The first kappa shape index (κ1) is 9.01. The first-order valence-corrected chi connectivity index (χ1v) is 4.60. The van der Waals surface area contributed by atoms with Crippen molar-refractivity contribution < 1.29 is 5.11 Å². The molecule has 0 spiro atoms. The highest BCUT2D eigenvalue weighted by atomic mass is 16.3. The Bertz CT molecular complexity index is 117. The van der Waals surface area contributed by atoms with E-state index in [9.17, 15) is 0 Å². The number of rotatable bonds is 4. The predicted molar refractivity (Wildman–Crippen MR) is 46.3 cm³/mol. The summed E-state index contributed by atoms with van der Waals surface area (Å²) in [6.07, 6.45) is 5.90. The highest BCUT2D eigenvalue weighted by molar-refractivity contribution is 4.87. The predicted octanol–water partition coefficient (Wildman–Crippen LogP) is 1.28. The van der Waals surface area contributed by atoms with Gasteiger partial charge in [0.1, 0.15) is 0 Å². The Morgan fingerprint density at radius 3 is 2.45 bits per heavy atom. The van der Waals surface area contributed by atoms with Gasteiger partial charge in [-0.3, -0.25) is 0 Å². The molecule has 66 valence electrons. The molecule has 1 rings (SSSR count). The monoisotopic (exact) mass is 157 g/mol. The van der Waals surface area contributed by atoms with Gasteiger partial charge in [-0.2, -0.15) is 0 Å². The molecule has 3 N–H and O–H groups in total. The summed E-state index contributed by atoms with van der Waals surface area (Å²) in [5.74, 6) is 0.798. The number of hydrogen-bond donors (Lipinski definition) is 2. The Kier molecular flexibility index (Phi) is 2.90. The van der Waals surface area contributed by atoms with Gasteiger partial charge in [-0.1, -0.05) is 26.2 Å². The Labute approximate surface area is 68.8 Å². The van der Waals surface area contributed by atoms with Crippen LogP contribution in [0.3, 0.4) is 0 Å². The molecule has 1 saturated carbocycles. The van der Waals surface area contributed by atoms with Crippen molar-refractivity contribution in [2.75, 3.05) is 6.61 Å². The van der Waals surface area contributed by atoms with Crippen LogP contribution in [-0.4, -0.2) is 17.3 Å². The Balaban J connectivity index is 2.29. The summed E-state index contributed by atoms with van der Waals surface area (Å²) in [5.41, 5.74) is 5.67. The van der Waals surface area contributed by atoms with E-state index in [2.05, 4.69) is 6.92 Å². The third-order valence-corrected chi connectivity index (χ3v) is 2.94. The Morgan fingerprint density at radius 1 is 1.55 bits per heavy atom. The van der Waals surface area contributed by atoms with E-state index in [1.54, 1.807) is 0 Å². The smallest absolute Gasteiger partial charge is 0.0611 e. The van der Waals surface area contributed by atoms with Crippen molar-refractivity contribution in [1.29, 1.82) is 0 Å². The maximum Gasteiger partial charge on any atom is 0.0611 e. The molecule has 1 aliphatic rings. The van der Waals surface area contributed by atoms with Gasteiger partial charge in [-0.25, -0.2) is 0 Å². The van der Waals surface area contributed by atoms with Crippen molar-refractivity contribution in [3.8, 4) is 0 Å². The molecule has 0 bridgehead atoms. The van der Waals surface area contributed by atoms with Gasteiger partial charge in [0.05, 0.1) is 6.61 Å². The molecule has 2 heteroatoms. The lowest BCUT2D eigenvalue weighted by Gasteiger charge is -2.34. The van der Waals surface area contributed by atoms with Crippen LogP contribution in [0.25, 0.3) is 0 Å². The minimum Gasteiger partial charge on any atom is -0.394 e. The van der Waals surface area contributed by atoms with Crippen LogP contribution in [0.1, 0.15) is 39.0 Å². The molecule has 0 aliphatic heterocycles. The molecule has 0 heterocycles. The van der Waals surface area contributed by atoms with Crippen LogP contribution in [0.2, 0.25) is 0 Å². The minimum atomic E-state index is -0.287. The maximum atomic E-state index is 9.03. The first-order valence-electron chi connectivity index (χ1n) is 4.60. The molecule has 0 saturated heterocycles. The largest absolute Gasteiger partial charge is 0.394 e. The second-order valence-corrected chi connectivity index (χ2v) is 3.88. The van der Waals surface area contributed by atoms with E-state index in [0.29, 0.717) is 0 Å². The topological polar surface area (TPSA) is 46.2 Å². The maximum absolute atomic E-state index is 9.03. The summed E-state index contributed by atoms with van der Waals surface area (Å²) in [6, 6.07) is 0. The molecule has 1 atom stereocenters. The zero-order chi connectivity index (χ0) is 8.32. The molecule has 1 fully saturated rings. The molecule has 0 amide bonds. The summed E-state index contributed by atoms with van der Waals surface area (Å²) in [5, 5.41) is 9.03. The third kappa shape index (κ3) is 2.17. The van der Waals surface area contributed by atoms with Gasteiger partial charge in [-0.05, 0) is 18.8 Å². The number of nitrogens with two attached hydrogens (primary N) is 1. The second kappa shape index (κ2) is 3.55. The van der Waals surface area contributed by atoms with Crippen LogP contribution < -0.4 is 5.73 Å². The van der Waals surface area contributed by atoms with E-state index in [1.165, 1.54) is 19.3 Å². The standard InChI is InChI=1S/C9H19NO/c1-2-9(10,7-11)6-8-4-3-5-8/h8,11H,2-7,10H2,1H3. The average molecular weight is 157 g/mol. The van der Waals surface area contributed by atoms with Gasteiger partial charge in [0, 0.05) is 5.54 Å². The van der Waals surface area contributed by atoms with E-state index in [0.717, 1.165) is 18.8 Å². The van der Waals surface area contributed by atoms with Gasteiger partial charge >= 0.3 is 0 Å². The molecule has 11 heavy (non-hydrogen) atoms. The lowest BCUT2D eigenvalue weighted by Crippen LogP contribution is -2.45. The van der Waals surface area contributed by atoms with Crippen LogP contribution in [-0.2, 0) is 0 Å². The van der Waals surface area contributed by atoms with Crippen LogP contribution in [0, 0.1) is 5.92 Å². The van der Waals surface area contributed by atoms with Crippen LogP contribution >= 0.6 is 0 Å². The van der Waals surface area contributed by atoms with E-state index >= 15 is 0 Å². The summed E-state index contributed by atoms with van der Waals surface area (Å²) in [6.45, 7) is 2.19. The SMILES string of the molecule is CCC(N)(CO)CC1CCC1. The molecular formula is C9H19NO. The summed E-state index contributed by atoms with van der Waals surface area (Å²) >= 11 is 0. The molecule has 1 aliphatic carbocycles. The number of aliphatic hydroxyl groups is 1. The van der Waals surface area contributed by atoms with Gasteiger partial charge in [-0.15, -0.1) is 0 Å². The van der Waals surface area contributed by atoms with Gasteiger partial charge in [0.2, 0.25) is 0 Å². The fourth-order valence-electron chi connectivity index (χ4n) is 1.59. The van der Waals surface area contributed by atoms with Crippen molar-refractivity contribution >= 4 is 0 Å². The number of aliphatic hydroxyl groups excluding tert-OH is 1. The zero-order valence-electron chi connectivity index (χ0n) is 7.34. The first-order chi connectivity index (χ1) is 5.20. The average Bonchev–Trinajstić information content (AvgIpc) is 1.97. The van der Waals surface area contributed by atoms with E-state index in [4.69, 9.17) is 10.8 Å². The lowest BCUT2D eigenvalue weighted by atomic mass is 9.75. The molecule has 0 aromatic carbocycles. The molecule has 0 aromatic rings. The number of hydrogen-bond acceptors (Lipinski definition) is 2. The molecule has 2 nitrogen and oxygen atoms in total. The molecule has 0 radical (unpaired) electrons. The highest BCUT2D eigenvalue weighted by Crippen LogP contribution is 2.33. The van der Waals surface area contributed by atoms with Crippen molar-refractivity contribution in [2.24, 2.45) is 11.7 Å². The van der Waals surface area contributed by atoms with Crippen molar-refractivity contribution in [3.63, 3.8) is 0 Å². The summed E-state index contributed by atoms with van der Waals surface area (Å²) < 4.78 is 0. The van der Waals surface area contributed by atoms with Crippen molar-refractivity contribution in [3.05, 3.63) is 0 Å². The van der Waals surface area contributed by atoms with Crippen LogP contribution in [0.15, 0.2) is 0 Å². The Hall–Kier alpha value is -0.0800. The molecular weight excluding hydrogens is 138 g/mol. The fourth-order valence-corrected chi connectivity index (χ4v) is 1.59. The quantitative estimate of drug-likeness (QED) is 0.645. The van der Waals surface area contributed by atoms with Gasteiger partial charge in [0.25, 0.3) is 0 Å². The molecule has 1 unspecified atom stereocenters. The van der Waals surface area contributed by atoms with E-state index in [-0.39, 0.29) is 12.1 Å². The lowest BCUT2D eigenvalue weighted by molar-refractivity contribution is 0.139. The highest BCUT2D eigenvalue weighted by Gasteiger charge is 2.29. The van der Waals surface area contributed by atoms with Crippen molar-refractivity contribution in [2.45, 2.75) is 44.6 Å². The van der Waals surface area contributed by atoms with Crippen LogP contribution in [0.4, 0.5) is 0 Å². The fraction of sp³-hybridized carbons (Fsp3) is 1.00. The van der Waals surface area contributed by atoms with Gasteiger partial charge in [0.15, 0.2) is 0 Å². The normalized spacial score (nSPS) is 24.3. The molecule has 0 aromatic heterocycles. The summed E-state index contributed by atoms with van der Waals surface area (Å²) in [7, 11) is 0. The van der Waals surface area contributed by atoms with E-state index < -0.39 is 0 Å². The minimum absolute atomic E-state index is 0.139. The Morgan fingerprint density at radius 2 is 2.18 bits per heavy atom. The van der Waals surface area contributed by atoms with Crippen LogP contribution in [0.5, 0.6) is 0 Å².